The minimum Gasteiger partial charge on any atom is -0.493 e. The van der Waals surface area contributed by atoms with Crippen LogP contribution >= 0.6 is 11.8 Å². The fourth-order valence-corrected chi connectivity index (χ4v) is 5.79. The Morgan fingerprint density at radius 3 is 2.49 bits per heavy atom. The molecule has 5 rings (SSSR count). The number of methoxy groups -OCH3 is 2. The second-order valence-electron chi connectivity index (χ2n) is 9.32. The molecule has 6 nitrogen and oxygen atoms in total. The summed E-state index contributed by atoms with van der Waals surface area (Å²) in [6, 6.07) is 21.6. The van der Waals surface area contributed by atoms with E-state index in [1.165, 1.54) is 17.3 Å². The number of hydrogen-bond acceptors (Lipinski definition) is 5. The van der Waals surface area contributed by atoms with E-state index in [1.807, 2.05) is 47.4 Å². The quantitative estimate of drug-likeness (QED) is 0.416. The van der Waals surface area contributed by atoms with Crippen molar-refractivity contribution in [1.29, 1.82) is 0 Å². The lowest BCUT2D eigenvalue weighted by Crippen LogP contribution is -2.39. The van der Waals surface area contributed by atoms with E-state index in [0.29, 0.717) is 33.6 Å². The second-order valence-corrected chi connectivity index (χ2v) is 10.4. The third kappa shape index (κ3) is 5.67. The van der Waals surface area contributed by atoms with Crippen LogP contribution in [-0.2, 0) is 11.2 Å². The molecule has 0 radical (unpaired) electrons. The number of ether oxygens (including phenoxy) is 2. The van der Waals surface area contributed by atoms with Gasteiger partial charge in [0, 0.05) is 23.5 Å². The molecule has 0 aliphatic carbocycles. The van der Waals surface area contributed by atoms with Gasteiger partial charge in [-0.05, 0) is 72.7 Å². The van der Waals surface area contributed by atoms with E-state index in [4.69, 9.17) is 9.47 Å². The van der Waals surface area contributed by atoms with Gasteiger partial charge in [0.15, 0.2) is 11.5 Å². The number of likely N-dealkylation sites (tertiary alicyclic amines) is 1. The van der Waals surface area contributed by atoms with Gasteiger partial charge in [0.1, 0.15) is 0 Å². The minimum absolute atomic E-state index is 0.0203. The number of anilines is 1. The van der Waals surface area contributed by atoms with Crippen LogP contribution in [0, 0.1) is 5.92 Å². The molecule has 0 saturated carbocycles. The predicted octanol–water partition coefficient (Wildman–Crippen LogP) is 5.88. The lowest BCUT2D eigenvalue weighted by molar-refractivity contribution is -0.112. The van der Waals surface area contributed by atoms with Crippen LogP contribution in [0.5, 0.6) is 11.5 Å². The average molecular weight is 515 g/mol. The lowest BCUT2D eigenvalue weighted by atomic mass is 9.90. The van der Waals surface area contributed by atoms with E-state index >= 15 is 0 Å². The van der Waals surface area contributed by atoms with Crippen LogP contribution in [0.15, 0.2) is 76.5 Å². The first kappa shape index (κ1) is 25.0. The largest absolute Gasteiger partial charge is 0.493 e. The van der Waals surface area contributed by atoms with Crippen molar-refractivity contribution >= 4 is 35.3 Å². The first-order valence-electron chi connectivity index (χ1n) is 12.4. The van der Waals surface area contributed by atoms with Crippen molar-refractivity contribution in [2.45, 2.75) is 24.2 Å². The van der Waals surface area contributed by atoms with E-state index < -0.39 is 0 Å². The zero-order valence-electron chi connectivity index (χ0n) is 21.0. The molecule has 1 fully saturated rings. The molecule has 0 aromatic heterocycles. The topological polar surface area (TPSA) is 67.9 Å². The van der Waals surface area contributed by atoms with E-state index in [-0.39, 0.29) is 11.8 Å². The number of piperidine rings is 1. The first-order chi connectivity index (χ1) is 18.0. The van der Waals surface area contributed by atoms with Gasteiger partial charge in [-0.2, -0.15) is 0 Å². The van der Waals surface area contributed by atoms with Gasteiger partial charge in [0.05, 0.1) is 24.8 Å². The summed E-state index contributed by atoms with van der Waals surface area (Å²) in [7, 11) is 3.17. The van der Waals surface area contributed by atoms with Crippen LogP contribution in [0.2, 0.25) is 0 Å². The molecule has 3 aromatic carbocycles. The van der Waals surface area contributed by atoms with E-state index in [0.717, 1.165) is 42.8 Å². The van der Waals surface area contributed by atoms with E-state index in [2.05, 4.69) is 29.6 Å². The Morgan fingerprint density at radius 1 is 1.00 bits per heavy atom. The van der Waals surface area contributed by atoms with Gasteiger partial charge < -0.3 is 19.7 Å². The molecule has 0 spiro atoms. The summed E-state index contributed by atoms with van der Waals surface area (Å²) < 4.78 is 10.7. The summed E-state index contributed by atoms with van der Waals surface area (Å²) >= 11 is 1.39. The van der Waals surface area contributed by atoms with Crippen molar-refractivity contribution < 1.29 is 19.1 Å². The monoisotopic (exact) mass is 514 g/mol. The number of carbonyl (C=O) groups is 2. The van der Waals surface area contributed by atoms with Crippen molar-refractivity contribution in [3.63, 3.8) is 0 Å². The second kappa shape index (κ2) is 11.1. The minimum atomic E-state index is -0.196. The Bertz CT molecular complexity index is 1330. The van der Waals surface area contributed by atoms with E-state index in [1.54, 1.807) is 20.3 Å². The molecule has 37 heavy (non-hydrogen) atoms. The third-order valence-electron chi connectivity index (χ3n) is 6.89. The van der Waals surface area contributed by atoms with Crippen LogP contribution in [0.25, 0.3) is 6.08 Å². The molecule has 3 aromatic rings. The van der Waals surface area contributed by atoms with Crippen LogP contribution in [-0.4, -0.2) is 44.0 Å². The molecule has 2 aliphatic heterocycles. The van der Waals surface area contributed by atoms with Gasteiger partial charge in [-0.15, -0.1) is 0 Å². The zero-order valence-corrected chi connectivity index (χ0v) is 21.8. The van der Waals surface area contributed by atoms with Crippen molar-refractivity contribution in [2.24, 2.45) is 5.92 Å². The molecular weight excluding hydrogens is 484 g/mol. The molecule has 1 saturated heterocycles. The smallest absolute Gasteiger partial charge is 0.262 e. The third-order valence-corrected chi connectivity index (χ3v) is 7.99. The van der Waals surface area contributed by atoms with Crippen LogP contribution < -0.4 is 14.8 Å². The van der Waals surface area contributed by atoms with E-state index in [9.17, 15) is 9.59 Å². The van der Waals surface area contributed by atoms with Gasteiger partial charge in [0.25, 0.3) is 11.8 Å². The molecule has 2 amide bonds. The lowest BCUT2D eigenvalue weighted by Gasteiger charge is -2.32. The number of amides is 2. The van der Waals surface area contributed by atoms with Crippen molar-refractivity contribution in [1.82, 2.24) is 4.90 Å². The standard InChI is InChI=1S/C30H30N2O4S/c1-35-25-10-8-22(17-26(25)36-2)18-28-29(33)31-24-19-23(9-11-27(24)37-28)30(34)32-14-12-21(13-15-32)16-20-6-4-3-5-7-20/h3-11,17-19,21H,12-16H2,1-2H3,(H,31,33)/b28-18+. The van der Waals surface area contributed by atoms with Gasteiger partial charge in [0.2, 0.25) is 0 Å². The SMILES string of the molecule is COc1ccc(/C=C2/Sc3ccc(C(=O)N4CCC(Cc5ccccc5)CC4)cc3NC2=O)cc1OC. The number of fused-ring (bicyclic) bond motifs is 1. The maximum atomic E-state index is 13.2. The Morgan fingerprint density at radius 2 is 1.76 bits per heavy atom. The maximum Gasteiger partial charge on any atom is 0.262 e. The first-order valence-corrected chi connectivity index (χ1v) is 13.3. The highest BCUT2D eigenvalue weighted by Crippen LogP contribution is 2.40. The molecule has 0 bridgehead atoms. The average Bonchev–Trinajstić information content (AvgIpc) is 2.93. The number of carbonyl (C=O) groups excluding carboxylic acids is 2. The van der Waals surface area contributed by atoms with Gasteiger partial charge in [-0.1, -0.05) is 48.2 Å². The number of hydrogen-bond donors (Lipinski definition) is 1. The Labute approximate surface area is 221 Å². The highest BCUT2D eigenvalue weighted by atomic mass is 32.2. The molecule has 0 unspecified atom stereocenters. The normalized spacial score (nSPS) is 16.8. The summed E-state index contributed by atoms with van der Waals surface area (Å²) in [5.74, 6) is 1.66. The highest BCUT2D eigenvalue weighted by molar-refractivity contribution is 8.04. The fourth-order valence-electron chi connectivity index (χ4n) is 4.86. The van der Waals surface area contributed by atoms with Crippen molar-refractivity contribution in [2.75, 3.05) is 32.6 Å². The summed E-state index contributed by atoms with van der Waals surface area (Å²) in [5.41, 5.74) is 3.47. The summed E-state index contributed by atoms with van der Waals surface area (Å²) in [5, 5.41) is 2.96. The van der Waals surface area contributed by atoms with Crippen molar-refractivity contribution in [3.05, 3.63) is 88.3 Å². The molecule has 0 atom stereocenters. The fraction of sp³-hybridized carbons (Fsp3) is 0.267. The predicted molar refractivity (Wildman–Crippen MR) is 147 cm³/mol. The molecule has 2 heterocycles. The molecule has 7 heteroatoms. The number of thioether (sulfide) groups is 1. The van der Waals surface area contributed by atoms with Crippen LogP contribution in [0.4, 0.5) is 5.69 Å². The molecule has 1 N–H and O–H groups in total. The van der Waals surface area contributed by atoms with Gasteiger partial charge in [-0.3, -0.25) is 9.59 Å². The van der Waals surface area contributed by atoms with Crippen molar-refractivity contribution in [3.8, 4) is 11.5 Å². The zero-order chi connectivity index (χ0) is 25.8. The van der Waals surface area contributed by atoms with Gasteiger partial charge >= 0.3 is 0 Å². The summed E-state index contributed by atoms with van der Waals surface area (Å²) in [6.07, 6.45) is 4.89. The maximum absolute atomic E-state index is 13.2. The number of benzene rings is 3. The van der Waals surface area contributed by atoms with Crippen LogP contribution in [0.3, 0.4) is 0 Å². The molecular formula is C30H30N2O4S. The van der Waals surface area contributed by atoms with Gasteiger partial charge in [-0.25, -0.2) is 0 Å². The number of rotatable bonds is 6. The Balaban J connectivity index is 1.24. The highest BCUT2D eigenvalue weighted by Gasteiger charge is 2.26. The summed E-state index contributed by atoms with van der Waals surface area (Å²) in [6.45, 7) is 1.51. The Kier molecular flexibility index (Phi) is 7.51. The number of nitrogens with zero attached hydrogens (tertiary/aromatic N) is 1. The van der Waals surface area contributed by atoms with Crippen LogP contribution in [0.1, 0.15) is 34.3 Å². The molecule has 2 aliphatic rings. The summed E-state index contributed by atoms with van der Waals surface area (Å²) in [4.78, 5) is 29.5. The Hall–Kier alpha value is -3.71. The number of nitrogens with one attached hydrogen (secondary N) is 1. The molecule has 190 valence electrons.